The minimum absolute atomic E-state index is 0.236. The van der Waals surface area contributed by atoms with Crippen LogP contribution in [0.4, 0.5) is 4.79 Å². The molecule has 5 heteroatoms. The van der Waals surface area contributed by atoms with Crippen LogP contribution in [0.15, 0.2) is 53.5 Å². The van der Waals surface area contributed by atoms with Gasteiger partial charge in [-0.25, -0.2) is 9.78 Å². The predicted molar refractivity (Wildman–Crippen MR) is 73.0 cm³/mol. The van der Waals surface area contributed by atoms with Crippen molar-refractivity contribution in [3.63, 3.8) is 0 Å². The Morgan fingerprint density at radius 2 is 2.00 bits per heavy atom. The minimum atomic E-state index is -0.452. The van der Waals surface area contributed by atoms with E-state index in [9.17, 15) is 4.79 Å². The molecule has 0 N–H and O–H groups in total. The zero-order valence-corrected chi connectivity index (χ0v) is 10.6. The largest absolute Gasteiger partial charge is 0.444 e. The SMILES string of the molecule is O=C(OCc1ccccc1)N1C=Cc2ncoc2C=C1. The molecule has 2 aromatic rings. The smallest absolute Gasteiger partial charge is 0.418 e. The molecule has 0 unspecified atom stereocenters. The lowest BCUT2D eigenvalue weighted by molar-refractivity contribution is 0.121. The summed E-state index contributed by atoms with van der Waals surface area (Å²) in [6.45, 7) is 0.236. The lowest BCUT2D eigenvalue weighted by atomic mass is 10.2. The van der Waals surface area contributed by atoms with Crippen LogP contribution in [0.1, 0.15) is 17.0 Å². The van der Waals surface area contributed by atoms with E-state index >= 15 is 0 Å². The molecular weight excluding hydrogens is 256 g/mol. The molecule has 0 saturated heterocycles. The quantitative estimate of drug-likeness (QED) is 0.838. The molecule has 1 amide bonds. The molecule has 100 valence electrons. The number of rotatable bonds is 2. The van der Waals surface area contributed by atoms with Crippen molar-refractivity contribution in [1.82, 2.24) is 9.88 Å². The molecule has 0 saturated carbocycles. The third kappa shape index (κ3) is 2.61. The number of amides is 1. The first-order valence-electron chi connectivity index (χ1n) is 6.12. The molecule has 1 aliphatic heterocycles. The number of oxazole rings is 1. The van der Waals surface area contributed by atoms with Gasteiger partial charge in [0.25, 0.3) is 0 Å². The third-order valence-corrected chi connectivity index (χ3v) is 2.82. The zero-order chi connectivity index (χ0) is 13.8. The van der Waals surface area contributed by atoms with E-state index in [0.29, 0.717) is 11.5 Å². The van der Waals surface area contributed by atoms with Gasteiger partial charge in [0.05, 0.1) is 0 Å². The van der Waals surface area contributed by atoms with Gasteiger partial charge in [-0.15, -0.1) is 0 Å². The van der Waals surface area contributed by atoms with Crippen LogP contribution in [0.2, 0.25) is 0 Å². The van der Waals surface area contributed by atoms with E-state index in [1.54, 1.807) is 24.6 Å². The molecule has 0 bridgehead atoms. The van der Waals surface area contributed by atoms with Crippen LogP contribution in [0, 0.1) is 0 Å². The number of benzene rings is 1. The average Bonchev–Trinajstić information content (AvgIpc) is 2.84. The molecule has 3 rings (SSSR count). The van der Waals surface area contributed by atoms with Gasteiger partial charge in [-0.05, 0) is 17.7 Å². The Hall–Kier alpha value is -2.82. The van der Waals surface area contributed by atoms with Crippen molar-refractivity contribution in [3.8, 4) is 0 Å². The fourth-order valence-corrected chi connectivity index (χ4v) is 1.78. The summed E-state index contributed by atoms with van der Waals surface area (Å²) in [5.74, 6) is 0.611. The molecule has 0 fully saturated rings. The summed E-state index contributed by atoms with van der Waals surface area (Å²) in [7, 11) is 0. The van der Waals surface area contributed by atoms with Gasteiger partial charge in [-0.3, -0.25) is 4.90 Å². The van der Waals surface area contributed by atoms with E-state index in [1.165, 1.54) is 11.3 Å². The highest BCUT2D eigenvalue weighted by atomic mass is 16.6. The summed E-state index contributed by atoms with van der Waals surface area (Å²) < 4.78 is 10.4. The van der Waals surface area contributed by atoms with Crippen LogP contribution in [-0.4, -0.2) is 16.0 Å². The van der Waals surface area contributed by atoms with Crippen molar-refractivity contribution in [3.05, 3.63) is 66.1 Å². The summed E-state index contributed by atoms with van der Waals surface area (Å²) >= 11 is 0. The number of nitrogens with zero attached hydrogens (tertiary/aromatic N) is 2. The molecule has 5 nitrogen and oxygen atoms in total. The zero-order valence-electron chi connectivity index (χ0n) is 10.6. The fourth-order valence-electron chi connectivity index (χ4n) is 1.78. The second kappa shape index (κ2) is 5.44. The van der Waals surface area contributed by atoms with E-state index in [1.807, 2.05) is 30.3 Å². The Morgan fingerprint density at radius 1 is 1.20 bits per heavy atom. The van der Waals surface area contributed by atoms with Gasteiger partial charge >= 0.3 is 6.09 Å². The van der Waals surface area contributed by atoms with E-state index in [4.69, 9.17) is 9.15 Å². The van der Waals surface area contributed by atoms with Crippen LogP contribution in [0.3, 0.4) is 0 Å². The van der Waals surface area contributed by atoms with E-state index < -0.39 is 6.09 Å². The molecule has 0 spiro atoms. The van der Waals surface area contributed by atoms with Gasteiger partial charge in [-0.1, -0.05) is 30.3 Å². The standard InChI is InChI=1S/C15H12N2O3/c18-15(19-10-12-4-2-1-3-5-12)17-8-6-13-14(7-9-17)20-11-16-13/h1-9,11H,10H2. The number of carbonyl (C=O) groups excluding carboxylic acids is 1. The molecule has 0 radical (unpaired) electrons. The second-order valence-electron chi connectivity index (χ2n) is 4.18. The topological polar surface area (TPSA) is 55.6 Å². The maximum Gasteiger partial charge on any atom is 0.418 e. The summed E-state index contributed by atoms with van der Waals surface area (Å²) in [6, 6.07) is 9.52. The number of hydrogen-bond acceptors (Lipinski definition) is 4. The molecule has 0 aliphatic carbocycles. The molecule has 20 heavy (non-hydrogen) atoms. The van der Waals surface area contributed by atoms with Gasteiger partial charge < -0.3 is 9.15 Å². The average molecular weight is 268 g/mol. The van der Waals surface area contributed by atoms with Crippen molar-refractivity contribution in [2.24, 2.45) is 0 Å². The molecule has 1 aromatic heterocycles. The van der Waals surface area contributed by atoms with Gasteiger partial charge in [0.15, 0.2) is 12.2 Å². The van der Waals surface area contributed by atoms with Gasteiger partial charge in [0.2, 0.25) is 0 Å². The van der Waals surface area contributed by atoms with Crippen LogP contribution in [0.5, 0.6) is 0 Å². The van der Waals surface area contributed by atoms with Crippen molar-refractivity contribution in [1.29, 1.82) is 0 Å². The fraction of sp³-hybridized carbons (Fsp3) is 0.0667. The summed E-state index contributed by atoms with van der Waals surface area (Å²) in [5, 5.41) is 0. The first-order valence-corrected chi connectivity index (χ1v) is 6.12. The first kappa shape index (κ1) is 12.2. The van der Waals surface area contributed by atoms with Crippen LogP contribution >= 0.6 is 0 Å². The van der Waals surface area contributed by atoms with Gasteiger partial charge in [0.1, 0.15) is 12.3 Å². The Labute approximate surface area is 115 Å². The predicted octanol–water partition coefficient (Wildman–Crippen LogP) is 3.27. The number of hydrogen-bond donors (Lipinski definition) is 0. The van der Waals surface area contributed by atoms with Crippen LogP contribution < -0.4 is 0 Å². The Bertz CT molecular complexity index is 630. The van der Waals surface area contributed by atoms with Gasteiger partial charge in [0, 0.05) is 12.4 Å². The third-order valence-electron chi connectivity index (χ3n) is 2.82. The number of carbonyl (C=O) groups is 1. The minimum Gasteiger partial charge on any atom is -0.444 e. The van der Waals surface area contributed by atoms with Crippen molar-refractivity contribution in [2.45, 2.75) is 6.61 Å². The first-order chi connectivity index (χ1) is 9.83. The summed E-state index contributed by atoms with van der Waals surface area (Å²) in [5.41, 5.74) is 1.62. The number of ether oxygens (including phenoxy) is 1. The van der Waals surface area contributed by atoms with Gasteiger partial charge in [-0.2, -0.15) is 0 Å². The van der Waals surface area contributed by atoms with E-state index in [-0.39, 0.29) is 6.61 Å². The van der Waals surface area contributed by atoms with E-state index in [2.05, 4.69) is 4.98 Å². The Kier molecular flexibility index (Phi) is 3.33. The second-order valence-corrected chi connectivity index (χ2v) is 4.18. The number of fused-ring (bicyclic) bond motifs is 1. The molecule has 0 atom stereocenters. The van der Waals surface area contributed by atoms with Crippen molar-refractivity contribution in [2.75, 3.05) is 0 Å². The Morgan fingerprint density at radius 3 is 2.85 bits per heavy atom. The highest BCUT2D eigenvalue weighted by Crippen LogP contribution is 2.16. The lowest BCUT2D eigenvalue weighted by Crippen LogP contribution is -2.20. The van der Waals surface area contributed by atoms with E-state index in [0.717, 1.165) is 5.56 Å². The number of aromatic nitrogens is 1. The van der Waals surface area contributed by atoms with Crippen molar-refractivity contribution < 1.29 is 13.9 Å². The summed E-state index contributed by atoms with van der Waals surface area (Å²) in [6.07, 6.45) is 7.46. The Balaban J connectivity index is 1.64. The molecule has 2 heterocycles. The monoisotopic (exact) mass is 268 g/mol. The maximum atomic E-state index is 11.9. The summed E-state index contributed by atoms with van der Waals surface area (Å²) in [4.78, 5) is 17.3. The molecule has 1 aromatic carbocycles. The maximum absolute atomic E-state index is 11.9. The van der Waals surface area contributed by atoms with Crippen LogP contribution in [0.25, 0.3) is 12.2 Å². The molecular formula is C15H12N2O3. The highest BCUT2D eigenvalue weighted by molar-refractivity contribution is 5.74. The normalized spacial score (nSPS) is 12.9. The van der Waals surface area contributed by atoms with Crippen LogP contribution in [-0.2, 0) is 11.3 Å². The lowest BCUT2D eigenvalue weighted by Gasteiger charge is -2.12. The molecule has 1 aliphatic rings. The van der Waals surface area contributed by atoms with Crippen molar-refractivity contribution >= 4 is 18.2 Å². The highest BCUT2D eigenvalue weighted by Gasteiger charge is 2.13.